The minimum atomic E-state index is -0.619. The zero-order valence-electron chi connectivity index (χ0n) is 11.3. The number of halogens is 2. The fourth-order valence-corrected chi connectivity index (χ4v) is 1.81. The van der Waals surface area contributed by atoms with Crippen molar-refractivity contribution in [1.82, 2.24) is 0 Å². The van der Waals surface area contributed by atoms with E-state index in [2.05, 4.69) is 5.16 Å². The molecule has 110 valence electrons. The summed E-state index contributed by atoms with van der Waals surface area (Å²) in [6.07, 6.45) is 0. The van der Waals surface area contributed by atoms with Crippen LogP contribution in [0, 0.1) is 18.6 Å². The van der Waals surface area contributed by atoms with E-state index in [1.807, 2.05) is 0 Å². The zero-order chi connectivity index (χ0) is 15.4. The van der Waals surface area contributed by atoms with Crippen molar-refractivity contribution in [3.8, 4) is 5.75 Å². The second-order valence-electron chi connectivity index (χ2n) is 4.46. The van der Waals surface area contributed by atoms with Gasteiger partial charge in [-0.25, -0.2) is 8.78 Å². The van der Waals surface area contributed by atoms with Gasteiger partial charge in [0.2, 0.25) is 0 Å². The number of hydrogen-bond donors (Lipinski definition) is 2. The maximum atomic E-state index is 14.1. The molecular formula is C15H14F2N2O2. The van der Waals surface area contributed by atoms with Crippen LogP contribution in [0.2, 0.25) is 0 Å². The minimum Gasteiger partial charge on any atom is -0.489 e. The Balaban J connectivity index is 2.18. The Labute approximate surface area is 120 Å². The molecule has 0 aromatic heterocycles. The minimum absolute atomic E-state index is 0.00566. The molecule has 0 spiro atoms. The first-order valence-electron chi connectivity index (χ1n) is 6.17. The highest BCUT2D eigenvalue weighted by molar-refractivity contribution is 5.97. The summed E-state index contributed by atoms with van der Waals surface area (Å²) in [5.41, 5.74) is 6.07. The third-order valence-electron chi connectivity index (χ3n) is 2.99. The standard InChI is InChI=1S/C15H14F2N2O2/c1-9-7-11(5-6-13(9)16)21-8-10-3-2-4-12(14(10)17)15(18)19-20/h2-7,20H,8H2,1H3,(H2,18,19). The van der Waals surface area contributed by atoms with Gasteiger partial charge in [0.15, 0.2) is 5.84 Å². The number of nitrogens with zero attached hydrogens (tertiary/aromatic N) is 1. The van der Waals surface area contributed by atoms with E-state index in [0.717, 1.165) is 0 Å². The van der Waals surface area contributed by atoms with E-state index in [0.29, 0.717) is 11.3 Å². The van der Waals surface area contributed by atoms with Gasteiger partial charge in [-0.2, -0.15) is 0 Å². The number of hydrogen-bond acceptors (Lipinski definition) is 3. The number of nitrogens with two attached hydrogens (primary N) is 1. The average molecular weight is 292 g/mol. The van der Waals surface area contributed by atoms with Gasteiger partial charge in [-0.15, -0.1) is 0 Å². The maximum Gasteiger partial charge on any atom is 0.173 e. The van der Waals surface area contributed by atoms with Crippen LogP contribution in [0.4, 0.5) is 8.78 Å². The maximum absolute atomic E-state index is 14.1. The Hall–Kier alpha value is -2.63. The summed E-state index contributed by atoms with van der Waals surface area (Å²) in [6, 6.07) is 8.78. The van der Waals surface area contributed by atoms with Crippen molar-refractivity contribution >= 4 is 5.84 Å². The molecule has 0 aliphatic heterocycles. The summed E-state index contributed by atoms with van der Waals surface area (Å²) < 4.78 is 32.7. The molecule has 0 radical (unpaired) electrons. The van der Waals surface area contributed by atoms with Crippen LogP contribution in [0.1, 0.15) is 16.7 Å². The van der Waals surface area contributed by atoms with E-state index in [9.17, 15) is 8.78 Å². The first kappa shape index (κ1) is 14.8. The van der Waals surface area contributed by atoms with Crippen molar-refractivity contribution in [3.05, 3.63) is 64.7 Å². The largest absolute Gasteiger partial charge is 0.489 e. The number of aryl methyl sites for hydroxylation is 1. The van der Waals surface area contributed by atoms with Crippen LogP contribution in [0.5, 0.6) is 5.75 Å². The zero-order valence-corrected chi connectivity index (χ0v) is 11.3. The highest BCUT2D eigenvalue weighted by atomic mass is 19.1. The molecule has 4 nitrogen and oxygen atoms in total. The molecule has 0 aliphatic rings. The first-order valence-corrected chi connectivity index (χ1v) is 6.17. The normalized spacial score (nSPS) is 11.5. The first-order chi connectivity index (χ1) is 10.0. The Morgan fingerprint density at radius 3 is 2.71 bits per heavy atom. The van der Waals surface area contributed by atoms with Gasteiger partial charge in [0.25, 0.3) is 0 Å². The van der Waals surface area contributed by atoms with Gasteiger partial charge in [0, 0.05) is 5.56 Å². The Kier molecular flexibility index (Phi) is 4.37. The SMILES string of the molecule is Cc1cc(OCc2cccc(/C(N)=N/O)c2F)ccc1F. The molecule has 0 unspecified atom stereocenters. The van der Waals surface area contributed by atoms with E-state index in [4.69, 9.17) is 15.7 Å². The van der Waals surface area contributed by atoms with E-state index in [1.54, 1.807) is 13.0 Å². The lowest BCUT2D eigenvalue weighted by Gasteiger charge is -2.10. The smallest absolute Gasteiger partial charge is 0.173 e. The predicted molar refractivity (Wildman–Crippen MR) is 74.4 cm³/mol. The van der Waals surface area contributed by atoms with E-state index in [-0.39, 0.29) is 29.4 Å². The summed E-state index contributed by atoms with van der Waals surface area (Å²) in [5.74, 6) is -0.830. The average Bonchev–Trinajstić information content (AvgIpc) is 2.49. The molecular weight excluding hydrogens is 278 g/mol. The quantitative estimate of drug-likeness (QED) is 0.394. The van der Waals surface area contributed by atoms with Gasteiger partial charge in [0.05, 0.1) is 5.56 Å². The fraction of sp³-hybridized carbons (Fsp3) is 0.133. The number of ether oxygens (including phenoxy) is 1. The Morgan fingerprint density at radius 1 is 1.29 bits per heavy atom. The van der Waals surface area contributed by atoms with Crippen LogP contribution >= 0.6 is 0 Å². The van der Waals surface area contributed by atoms with Gasteiger partial charge >= 0.3 is 0 Å². The molecule has 0 atom stereocenters. The molecule has 0 saturated carbocycles. The highest BCUT2D eigenvalue weighted by Gasteiger charge is 2.12. The number of benzene rings is 2. The number of amidine groups is 1. The summed E-state index contributed by atoms with van der Waals surface area (Å²) in [7, 11) is 0. The molecule has 0 amide bonds. The lowest BCUT2D eigenvalue weighted by Crippen LogP contribution is -2.16. The molecule has 0 aliphatic carbocycles. The van der Waals surface area contributed by atoms with Crippen molar-refractivity contribution in [1.29, 1.82) is 0 Å². The third-order valence-corrected chi connectivity index (χ3v) is 2.99. The number of oxime groups is 1. The molecule has 0 heterocycles. The summed E-state index contributed by atoms with van der Waals surface area (Å²) in [6.45, 7) is 1.56. The van der Waals surface area contributed by atoms with Crippen molar-refractivity contribution < 1.29 is 18.7 Å². The van der Waals surface area contributed by atoms with E-state index in [1.165, 1.54) is 30.3 Å². The van der Waals surface area contributed by atoms with Gasteiger partial charge in [-0.3, -0.25) is 0 Å². The van der Waals surface area contributed by atoms with Gasteiger partial charge < -0.3 is 15.7 Å². The van der Waals surface area contributed by atoms with Crippen LogP contribution in [0.15, 0.2) is 41.6 Å². The molecule has 0 bridgehead atoms. The molecule has 6 heteroatoms. The number of rotatable bonds is 4. The summed E-state index contributed by atoms with van der Waals surface area (Å²) in [4.78, 5) is 0. The van der Waals surface area contributed by atoms with Gasteiger partial charge in [-0.05, 0) is 36.8 Å². The topological polar surface area (TPSA) is 67.8 Å². The Morgan fingerprint density at radius 2 is 2.05 bits per heavy atom. The van der Waals surface area contributed by atoms with Crippen molar-refractivity contribution in [2.75, 3.05) is 0 Å². The van der Waals surface area contributed by atoms with Gasteiger partial charge in [0.1, 0.15) is 24.0 Å². The molecule has 3 N–H and O–H groups in total. The molecule has 0 fully saturated rings. The molecule has 2 rings (SSSR count). The van der Waals surface area contributed by atoms with Crippen molar-refractivity contribution in [3.63, 3.8) is 0 Å². The second kappa shape index (κ2) is 6.21. The van der Waals surface area contributed by atoms with E-state index >= 15 is 0 Å². The fourth-order valence-electron chi connectivity index (χ4n) is 1.81. The van der Waals surface area contributed by atoms with Crippen LogP contribution in [0.25, 0.3) is 0 Å². The Bertz CT molecular complexity index is 687. The monoisotopic (exact) mass is 292 g/mol. The second-order valence-corrected chi connectivity index (χ2v) is 4.46. The van der Waals surface area contributed by atoms with Gasteiger partial charge in [-0.1, -0.05) is 17.3 Å². The predicted octanol–water partition coefficient (Wildman–Crippen LogP) is 2.95. The molecule has 2 aromatic rings. The lowest BCUT2D eigenvalue weighted by atomic mass is 10.1. The molecule has 0 saturated heterocycles. The molecule has 21 heavy (non-hydrogen) atoms. The summed E-state index contributed by atoms with van der Waals surface area (Å²) >= 11 is 0. The van der Waals surface area contributed by atoms with E-state index < -0.39 is 5.82 Å². The van der Waals surface area contributed by atoms with Crippen LogP contribution in [0.3, 0.4) is 0 Å². The van der Waals surface area contributed by atoms with Crippen LogP contribution < -0.4 is 10.5 Å². The van der Waals surface area contributed by atoms with Crippen LogP contribution in [-0.2, 0) is 6.61 Å². The highest BCUT2D eigenvalue weighted by Crippen LogP contribution is 2.19. The molecule has 2 aromatic carbocycles. The van der Waals surface area contributed by atoms with Crippen molar-refractivity contribution in [2.45, 2.75) is 13.5 Å². The van der Waals surface area contributed by atoms with Crippen molar-refractivity contribution in [2.24, 2.45) is 10.9 Å². The van der Waals surface area contributed by atoms with Crippen LogP contribution in [-0.4, -0.2) is 11.0 Å². The summed E-state index contributed by atoms with van der Waals surface area (Å²) in [5, 5.41) is 11.4. The lowest BCUT2D eigenvalue weighted by molar-refractivity contribution is 0.298. The third kappa shape index (κ3) is 3.28.